The minimum atomic E-state index is -3.66. The lowest BCUT2D eigenvalue weighted by molar-refractivity contribution is -0.149. The molecule has 1 aliphatic heterocycles. The van der Waals surface area contributed by atoms with Crippen LogP contribution in [0.1, 0.15) is 59.3 Å². The Balaban J connectivity index is 2.27. The van der Waals surface area contributed by atoms with Crippen LogP contribution in [0.3, 0.4) is 0 Å². The fourth-order valence-corrected chi connectivity index (χ4v) is 5.92. The summed E-state index contributed by atoms with van der Waals surface area (Å²) >= 11 is 0. The SMILES string of the molecule is CC(C)C[C@H]1C(=O)N[C@H](C)CCCCN(S(=O)(=O)c2ccc(N)cc2)CCC[C@@H]1CONO. The normalized spacial score (nSPS) is 24.5. The van der Waals surface area contributed by atoms with Crippen LogP contribution in [0.5, 0.6) is 0 Å². The Labute approximate surface area is 198 Å². The van der Waals surface area contributed by atoms with E-state index < -0.39 is 10.0 Å². The maximum absolute atomic E-state index is 13.3. The third kappa shape index (κ3) is 8.53. The zero-order valence-electron chi connectivity index (χ0n) is 20.0. The van der Waals surface area contributed by atoms with Gasteiger partial charge < -0.3 is 11.1 Å². The molecule has 10 heteroatoms. The van der Waals surface area contributed by atoms with Gasteiger partial charge in [-0.25, -0.2) is 8.42 Å². The Kier molecular flexibility index (Phi) is 11.0. The summed E-state index contributed by atoms with van der Waals surface area (Å²) in [6.45, 7) is 7.04. The Morgan fingerprint density at radius 2 is 1.85 bits per heavy atom. The molecule has 0 saturated carbocycles. The van der Waals surface area contributed by atoms with E-state index in [0.29, 0.717) is 50.4 Å². The first kappa shape index (κ1) is 27.5. The Morgan fingerprint density at radius 3 is 2.48 bits per heavy atom. The third-order valence-electron chi connectivity index (χ3n) is 6.18. The zero-order valence-corrected chi connectivity index (χ0v) is 20.8. The predicted octanol–water partition coefficient (Wildman–Crippen LogP) is 2.92. The molecule has 3 atom stereocenters. The van der Waals surface area contributed by atoms with E-state index in [2.05, 4.69) is 19.2 Å². The van der Waals surface area contributed by atoms with Gasteiger partial charge in [-0.05, 0) is 75.1 Å². The minimum absolute atomic E-state index is 0.00617. The van der Waals surface area contributed by atoms with Crippen LogP contribution < -0.4 is 16.7 Å². The number of amides is 1. The molecule has 0 radical (unpaired) electrons. The van der Waals surface area contributed by atoms with Crippen molar-refractivity contribution < 1.29 is 23.3 Å². The van der Waals surface area contributed by atoms with Gasteiger partial charge in [-0.3, -0.25) is 14.8 Å². The number of nitrogens with zero attached hydrogens (tertiary/aromatic N) is 1. The molecule has 0 aromatic heterocycles. The maximum atomic E-state index is 13.3. The lowest BCUT2D eigenvalue weighted by Gasteiger charge is -2.29. The molecule has 2 rings (SSSR count). The highest BCUT2D eigenvalue weighted by Crippen LogP contribution is 2.27. The molecule has 33 heavy (non-hydrogen) atoms. The Morgan fingerprint density at radius 1 is 1.18 bits per heavy atom. The summed E-state index contributed by atoms with van der Waals surface area (Å²) in [5.41, 5.74) is 7.96. The number of rotatable bonds is 7. The third-order valence-corrected chi connectivity index (χ3v) is 8.09. The quantitative estimate of drug-likeness (QED) is 0.345. The number of anilines is 1. The van der Waals surface area contributed by atoms with Crippen molar-refractivity contribution >= 4 is 21.6 Å². The molecular formula is C23H40N4O5S. The van der Waals surface area contributed by atoms with E-state index in [4.69, 9.17) is 15.8 Å². The number of carbonyl (C=O) groups excluding carboxylic acids is 1. The molecule has 0 unspecified atom stereocenters. The molecule has 1 amide bonds. The van der Waals surface area contributed by atoms with Crippen LogP contribution in [-0.2, 0) is 19.7 Å². The number of benzene rings is 1. The summed E-state index contributed by atoms with van der Waals surface area (Å²) < 4.78 is 28.2. The summed E-state index contributed by atoms with van der Waals surface area (Å²) in [4.78, 5) is 18.4. The maximum Gasteiger partial charge on any atom is 0.243 e. The first-order valence-corrected chi connectivity index (χ1v) is 13.3. The van der Waals surface area contributed by atoms with Crippen molar-refractivity contribution in [3.8, 4) is 0 Å². The first-order valence-electron chi connectivity index (χ1n) is 11.8. The lowest BCUT2D eigenvalue weighted by Crippen LogP contribution is -2.42. The van der Waals surface area contributed by atoms with Crippen LogP contribution >= 0.6 is 0 Å². The van der Waals surface area contributed by atoms with Crippen molar-refractivity contribution in [1.29, 1.82) is 0 Å². The summed E-state index contributed by atoms with van der Waals surface area (Å²) in [5, 5.41) is 12.1. The number of nitrogens with one attached hydrogen (secondary N) is 2. The van der Waals surface area contributed by atoms with Crippen molar-refractivity contribution in [3.05, 3.63) is 24.3 Å². The van der Waals surface area contributed by atoms with E-state index in [0.717, 1.165) is 12.8 Å². The van der Waals surface area contributed by atoms with E-state index in [-0.39, 0.29) is 35.3 Å². The molecule has 0 spiro atoms. The Bertz CT molecular complexity index is 832. The summed E-state index contributed by atoms with van der Waals surface area (Å²) in [6.07, 6.45) is 4.15. The zero-order chi connectivity index (χ0) is 24.4. The van der Waals surface area contributed by atoms with Gasteiger partial charge >= 0.3 is 0 Å². The molecule has 188 valence electrons. The first-order chi connectivity index (χ1) is 15.6. The average Bonchev–Trinajstić information content (AvgIpc) is 2.76. The van der Waals surface area contributed by atoms with E-state index in [9.17, 15) is 13.2 Å². The molecule has 1 aromatic carbocycles. The van der Waals surface area contributed by atoms with Gasteiger partial charge in [0.1, 0.15) is 0 Å². The summed E-state index contributed by atoms with van der Waals surface area (Å²) in [5.74, 6) is -0.156. The Hall–Kier alpha value is -1.72. The van der Waals surface area contributed by atoms with E-state index >= 15 is 0 Å². The molecule has 0 bridgehead atoms. The minimum Gasteiger partial charge on any atom is -0.399 e. The van der Waals surface area contributed by atoms with Gasteiger partial charge in [0.15, 0.2) is 0 Å². The van der Waals surface area contributed by atoms with Gasteiger partial charge in [0.2, 0.25) is 15.9 Å². The molecule has 1 aromatic rings. The fraction of sp³-hybridized carbons (Fsp3) is 0.696. The second-order valence-electron chi connectivity index (χ2n) is 9.42. The van der Waals surface area contributed by atoms with Gasteiger partial charge in [-0.1, -0.05) is 25.9 Å². The lowest BCUT2D eigenvalue weighted by atomic mass is 9.82. The highest BCUT2D eigenvalue weighted by Gasteiger charge is 2.31. The smallest absolute Gasteiger partial charge is 0.243 e. The topological polar surface area (TPSA) is 134 Å². The van der Waals surface area contributed by atoms with Crippen LogP contribution in [0, 0.1) is 17.8 Å². The largest absolute Gasteiger partial charge is 0.399 e. The number of hydrogen-bond acceptors (Lipinski definition) is 7. The van der Waals surface area contributed by atoms with Gasteiger partial charge in [0.05, 0.1) is 11.5 Å². The molecule has 9 nitrogen and oxygen atoms in total. The van der Waals surface area contributed by atoms with Crippen molar-refractivity contribution in [2.75, 3.05) is 25.4 Å². The fourth-order valence-electron chi connectivity index (χ4n) is 4.40. The number of nitrogen functional groups attached to an aromatic ring is 1. The van der Waals surface area contributed by atoms with Crippen LogP contribution in [0.2, 0.25) is 0 Å². The molecule has 1 saturated heterocycles. The van der Waals surface area contributed by atoms with E-state index in [1.165, 1.54) is 4.31 Å². The second kappa shape index (κ2) is 13.2. The highest BCUT2D eigenvalue weighted by molar-refractivity contribution is 7.89. The molecule has 1 heterocycles. The number of carbonyl (C=O) groups is 1. The molecular weight excluding hydrogens is 444 g/mol. The van der Waals surface area contributed by atoms with Crippen LogP contribution in [0.25, 0.3) is 0 Å². The molecule has 1 aliphatic rings. The van der Waals surface area contributed by atoms with Gasteiger partial charge in [0.25, 0.3) is 0 Å². The monoisotopic (exact) mass is 484 g/mol. The predicted molar refractivity (Wildman–Crippen MR) is 128 cm³/mol. The number of nitrogens with two attached hydrogens (primary N) is 1. The van der Waals surface area contributed by atoms with Gasteiger partial charge in [0, 0.05) is 30.7 Å². The van der Waals surface area contributed by atoms with Gasteiger partial charge in [-0.2, -0.15) is 4.31 Å². The summed E-state index contributed by atoms with van der Waals surface area (Å²) in [7, 11) is -3.66. The highest BCUT2D eigenvalue weighted by atomic mass is 32.2. The van der Waals surface area contributed by atoms with E-state index in [1.807, 2.05) is 6.92 Å². The standard InChI is InChI=1S/C23H40N4O5S/c1-17(2)15-22-19(16-32-26-29)8-6-14-27(13-5-4-7-18(3)25-23(22)28)33(30,31)21-11-9-20(24)10-12-21/h9-12,17-19,22,26,29H,4-8,13-16,24H2,1-3H3,(H,25,28)/t18-,19-,22-/m1/s1. The average molecular weight is 485 g/mol. The van der Waals surface area contributed by atoms with Crippen LogP contribution in [0.15, 0.2) is 29.2 Å². The van der Waals surface area contributed by atoms with Gasteiger partial charge in [-0.15, -0.1) is 0 Å². The van der Waals surface area contributed by atoms with E-state index in [1.54, 1.807) is 29.9 Å². The van der Waals surface area contributed by atoms with Crippen LogP contribution in [-0.4, -0.2) is 49.6 Å². The second-order valence-corrected chi connectivity index (χ2v) is 11.4. The van der Waals surface area contributed by atoms with Crippen molar-refractivity contribution in [2.24, 2.45) is 17.8 Å². The van der Waals surface area contributed by atoms with Crippen molar-refractivity contribution in [1.82, 2.24) is 15.3 Å². The van der Waals surface area contributed by atoms with Crippen molar-refractivity contribution in [2.45, 2.75) is 70.2 Å². The molecule has 5 N–H and O–H groups in total. The van der Waals surface area contributed by atoms with Crippen molar-refractivity contribution in [3.63, 3.8) is 0 Å². The van der Waals surface area contributed by atoms with Crippen LogP contribution in [0.4, 0.5) is 5.69 Å². The summed E-state index contributed by atoms with van der Waals surface area (Å²) in [6, 6.07) is 6.27. The molecule has 0 aliphatic carbocycles. The molecule has 1 fully saturated rings. The number of hydrogen-bond donors (Lipinski definition) is 4. The number of sulfonamides is 1.